The van der Waals surface area contributed by atoms with E-state index in [0.29, 0.717) is 30.1 Å². The molecule has 6 nitrogen and oxygen atoms in total. The molecule has 4 N–H and O–H groups in total. The summed E-state index contributed by atoms with van der Waals surface area (Å²) in [6, 6.07) is 0. The number of carbonyl (C=O) groups excluding carboxylic acids is 2. The second kappa shape index (κ2) is 4.95. The van der Waals surface area contributed by atoms with Gasteiger partial charge in [-0.25, -0.2) is 0 Å². The lowest BCUT2D eigenvalue weighted by atomic mass is 10.0. The van der Waals surface area contributed by atoms with E-state index >= 15 is 0 Å². The van der Waals surface area contributed by atoms with Crippen LogP contribution in [0.3, 0.4) is 0 Å². The molecule has 2 amide bonds. The number of methoxy groups -OCH3 is 1. The third-order valence-corrected chi connectivity index (χ3v) is 4.00. The first-order valence-electron chi connectivity index (χ1n) is 5.51. The minimum atomic E-state index is -0.498. The standard InChI is InChI=1S/C11H15N3O3S/c1-17-5-8(15)14-3-2-6-7(4-14)18-11(13)9(6)10(12)16/h2-5,13H2,1H3,(H2,12,16). The van der Waals surface area contributed by atoms with E-state index in [1.165, 1.54) is 18.4 Å². The average molecular weight is 269 g/mol. The quantitative estimate of drug-likeness (QED) is 0.804. The molecule has 2 heterocycles. The Labute approximate surface area is 108 Å². The van der Waals surface area contributed by atoms with Crippen LogP contribution in [-0.4, -0.2) is 37.0 Å². The molecular formula is C11H15N3O3S. The van der Waals surface area contributed by atoms with Gasteiger partial charge in [-0.3, -0.25) is 9.59 Å². The van der Waals surface area contributed by atoms with Gasteiger partial charge in [-0.1, -0.05) is 0 Å². The minimum absolute atomic E-state index is 0.0595. The molecule has 0 saturated carbocycles. The van der Waals surface area contributed by atoms with Gasteiger partial charge in [0.2, 0.25) is 5.91 Å². The summed E-state index contributed by atoms with van der Waals surface area (Å²) in [7, 11) is 1.49. The van der Waals surface area contributed by atoms with Crippen LogP contribution in [0.1, 0.15) is 20.8 Å². The lowest BCUT2D eigenvalue weighted by Crippen LogP contribution is -2.37. The summed E-state index contributed by atoms with van der Waals surface area (Å²) in [5, 5.41) is 0.438. The second-order valence-corrected chi connectivity index (χ2v) is 5.24. The first-order chi connectivity index (χ1) is 8.54. The van der Waals surface area contributed by atoms with E-state index in [9.17, 15) is 9.59 Å². The molecule has 0 fully saturated rings. The van der Waals surface area contributed by atoms with E-state index in [-0.39, 0.29) is 12.5 Å². The van der Waals surface area contributed by atoms with Gasteiger partial charge in [0.25, 0.3) is 5.91 Å². The fraction of sp³-hybridized carbons (Fsp3) is 0.455. The van der Waals surface area contributed by atoms with Gasteiger partial charge >= 0.3 is 0 Å². The molecular weight excluding hydrogens is 254 g/mol. The van der Waals surface area contributed by atoms with Crippen molar-refractivity contribution in [2.24, 2.45) is 5.73 Å². The Hall–Kier alpha value is -1.60. The highest BCUT2D eigenvalue weighted by Gasteiger charge is 2.27. The van der Waals surface area contributed by atoms with Crippen LogP contribution >= 0.6 is 11.3 Å². The average Bonchev–Trinajstić information content (AvgIpc) is 2.63. The van der Waals surface area contributed by atoms with Crippen molar-refractivity contribution in [3.63, 3.8) is 0 Å². The number of primary amides is 1. The topological polar surface area (TPSA) is 98.7 Å². The molecule has 1 aliphatic heterocycles. The van der Waals surface area contributed by atoms with Crippen molar-refractivity contribution in [1.29, 1.82) is 0 Å². The van der Waals surface area contributed by atoms with Crippen molar-refractivity contribution in [2.75, 3.05) is 26.0 Å². The van der Waals surface area contributed by atoms with Crippen LogP contribution in [-0.2, 0) is 22.5 Å². The number of rotatable bonds is 3. The maximum Gasteiger partial charge on any atom is 0.251 e. The summed E-state index contributed by atoms with van der Waals surface area (Å²) < 4.78 is 4.83. The Morgan fingerprint density at radius 3 is 2.83 bits per heavy atom. The fourth-order valence-corrected chi connectivity index (χ4v) is 3.26. The Bertz CT molecular complexity index is 498. The predicted molar refractivity (Wildman–Crippen MR) is 68.2 cm³/mol. The number of nitrogen functional groups attached to an aromatic ring is 1. The summed E-state index contributed by atoms with van der Waals surface area (Å²) >= 11 is 1.33. The van der Waals surface area contributed by atoms with Crippen LogP contribution in [0.25, 0.3) is 0 Å². The van der Waals surface area contributed by atoms with E-state index in [2.05, 4.69) is 0 Å². The van der Waals surface area contributed by atoms with Gasteiger partial charge in [-0.2, -0.15) is 0 Å². The zero-order chi connectivity index (χ0) is 13.3. The van der Waals surface area contributed by atoms with E-state index in [1.807, 2.05) is 0 Å². The van der Waals surface area contributed by atoms with E-state index in [4.69, 9.17) is 16.2 Å². The highest BCUT2D eigenvalue weighted by atomic mass is 32.1. The summed E-state index contributed by atoms with van der Waals surface area (Å²) in [6.07, 6.45) is 0.608. The van der Waals surface area contributed by atoms with Crippen LogP contribution in [0.15, 0.2) is 0 Å². The maximum absolute atomic E-state index is 11.7. The van der Waals surface area contributed by atoms with Crippen LogP contribution in [0.5, 0.6) is 0 Å². The number of nitrogens with zero attached hydrogens (tertiary/aromatic N) is 1. The van der Waals surface area contributed by atoms with Gasteiger partial charge in [-0.15, -0.1) is 11.3 Å². The molecule has 1 aromatic heterocycles. The van der Waals surface area contributed by atoms with Gasteiger partial charge < -0.3 is 21.1 Å². The zero-order valence-electron chi connectivity index (χ0n) is 10.1. The van der Waals surface area contributed by atoms with Crippen molar-refractivity contribution in [3.05, 3.63) is 16.0 Å². The molecule has 0 aromatic carbocycles. The van der Waals surface area contributed by atoms with Crippen LogP contribution < -0.4 is 11.5 Å². The molecule has 7 heteroatoms. The van der Waals surface area contributed by atoms with Crippen molar-refractivity contribution in [1.82, 2.24) is 4.90 Å². The Kier molecular flexibility index (Phi) is 3.53. The van der Waals surface area contributed by atoms with E-state index in [1.54, 1.807) is 4.90 Å². The molecule has 0 aliphatic carbocycles. The van der Waals surface area contributed by atoms with Crippen LogP contribution in [0.2, 0.25) is 0 Å². The molecule has 98 valence electrons. The number of carbonyl (C=O) groups is 2. The summed E-state index contributed by atoms with van der Waals surface area (Å²) in [4.78, 5) is 25.7. The van der Waals surface area contributed by atoms with E-state index in [0.717, 1.165) is 10.4 Å². The Balaban J connectivity index is 2.23. The second-order valence-electron chi connectivity index (χ2n) is 4.11. The first-order valence-corrected chi connectivity index (χ1v) is 6.32. The number of fused-ring (bicyclic) bond motifs is 1. The number of hydrogen-bond acceptors (Lipinski definition) is 5. The first kappa shape index (κ1) is 12.8. The molecule has 0 atom stereocenters. The van der Waals surface area contributed by atoms with Gasteiger partial charge in [0.05, 0.1) is 17.1 Å². The van der Waals surface area contributed by atoms with Gasteiger partial charge in [0.1, 0.15) is 6.61 Å². The minimum Gasteiger partial charge on any atom is -0.390 e. The molecule has 1 aliphatic rings. The molecule has 0 radical (unpaired) electrons. The molecule has 0 saturated heterocycles. The summed E-state index contributed by atoms with van der Waals surface area (Å²) in [5.74, 6) is -0.558. The van der Waals surface area contributed by atoms with E-state index < -0.39 is 5.91 Å². The molecule has 2 rings (SSSR count). The summed E-state index contributed by atoms with van der Waals surface area (Å²) in [5.41, 5.74) is 12.4. The Morgan fingerprint density at radius 1 is 1.50 bits per heavy atom. The number of anilines is 1. The number of hydrogen-bond donors (Lipinski definition) is 2. The van der Waals surface area contributed by atoms with Crippen molar-refractivity contribution < 1.29 is 14.3 Å². The van der Waals surface area contributed by atoms with Crippen LogP contribution in [0, 0.1) is 0 Å². The smallest absolute Gasteiger partial charge is 0.251 e. The van der Waals surface area contributed by atoms with Crippen LogP contribution in [0.4, 0.5) is 5.00 Å². The van der Waals surface area contributed by atoms with Crippen molar-refractivity contribution in [3.8, 4) is 0 Å². The third kappa shape index (κ3) is 2.19. The molecule has 0 unspecified atom stereocenters. The highest BCUT2D eigenvalue weighted by Crippen LogP contribution is 2.34. The lowest BCUT2D eigenvalue weighted by Gasteiger charge is -2.26. The predicted octanol–water partition coefficient (Wildman–Crippen LogP) is -0.0397. The molecule has 18 heavy (non-hydrogen) atoms. The Morgan fingerprint density at radius 2 is 2.22 bits per heavy atom. The van der Waals surface area contributed by atoms with Crippen molar-refractivity contribution >= 4 is 28.2 Å². The molecule has 0 bridgehead atoms. The fourth-order valence-electron chi connectivity index (χ4n) is 2.12. The van der Waals surface area contributed by atoms with Gasteiger partial charge in [0, 0.05) is 18.5 Å². The lowest BCUT2D eigenvalue weighted by molar-refractivity contribution is -0.136. The van der Waals surface area contributed by atoms with Crippen molar-refractivity contribution in [2.45, 2.75) is 13.0 Å². The normalized spacial score (nSPS) is 14.4. The summed E-state index contributed by atoms with van der Waals surface area (Å²) in [6.45, 7) is 1.10. The molecule has 1 aromatic rings. The SMILES string of the molecule is COCC(=O)N1CCc2c(sc(N)c2C(N)=O)C1. The number of thiophene rings is 1. The number of ether oxygens (including phenoxy) is 1. The number of amides is 2. The maximum atomic E-state index is 11.7. The number of nitrogens with two attached hydrogens (primary N) is 2. The highest BCUT2D eigenvalue weighted by molar-refractivity contribution is 7.16. The molecule has 0 spiro atoms. The van der Waals surface area contributed by atoms with Gasteiger partial charge in [-0.05, 0) is 12.0 Å². The zero-order valence-corrected chi connectivity index (χ0v) is 10.9. The monoisotopic (exact) mass is 269 g/mol. The largest absolute Gasteiger partial charge is 0.390 e. The third-order valence-electron chi connectivity index (χ3n) is 2.95. The van der Waals surface area contributed by atoms with Gasteiger partial charge in [0.15, 0.2) is 0 Å².